The van der Waals surface area contributed by atoms with E-state index in [1.807, 2.05) is 19.2 Å². The fraction of sp³-hybridized carbons (Fsp3) is 0.182. The lowest BCUT2D eigenvalue weighted by molar-refractivity contribution is 1.18. The summed E-state index contributed by atoms with van der Waals surface area (Å²) in [7, 11) is 1.87. The van der Waals surface area contributed by atoms with Gasteiger partial charge in [-0.2, -0.15) is 0 Å². The van der Waals surface area contributed by atoms with Crippen LogP contribution in [0.1, 0.15) is 4.88 Å². The maximum Gasteiger partial charge on any atom is 0.127 e. The number of hydrogen-bond acceptors (Lipinski definition) is 4. The maximum absolute atomic E-state index is 4.15. The van der Waals surface area contributed by atoms with E-state index in [9.17, 15) is 0 Å². The minimum Gasteiger partial charge on any atom is -0.380 e. The maximum atomic E-state index is 4.15. The topological polar surface area (TPSA) is 37.0 Å². The van der Waals surface area contributed by atoms with E-state index >= 15 is 0 Å². The number of rotatable bonds is 4. The van der Waals surface area contributed by atoms with Gasteiger partial charge in [0.05, 0.1) is 0 Å². The van der Waals surface area contributed by atoms with Gasteiger partial charge in [-0.1, -0.05) is 6.07 Å². The number of hydrogen-bond donors (Lipinski definition) is 2. The Bertz CT molecular complexity index is 412. The summed E-state index contributed by atoms with van der Waals surface area (Å²) >= 11 is 1.76. The molecule has 2 aromatic rings. The number of anilines is 2. The van der Waals surface area contributed by atoms with Gasteiger partial charge in [0.2, 0.25) is 0 Å². The third-order valence-electron chi connectivity index (χ3n) is 2.06. The van der Waals surface area contributed by atoms with Gasteiger partial charge in [-0.05, 0) is 17.5 Å². The summed E-state index contributed by atoms with van der Waals surface area (Å²) in [6.45, 7) is 0.866. The fourth-order valence-corrected chi connectivity index (χ4v) is 1.92. The van der Waals surface area contributed by atoms with Crippen LogP contribution in [0.3, 0.4) is 0 Å². The Labute approximate surface area is 93.2 Å². The molecule has 0 fully saturated rings. The number of aromatic nitrogens is 1. The van der Waals surface area contributed by atoms with Crippen molar-refractivity contribution in [1.82, 2.24) is 4.98 Å². The second kappa shape index (κ2) is 4.79. The summed E-state index contributed by atoms with van der Waals surface area (Å²) in [5, 5.41) is 8.45. The molecule has 0 aliphatic carbocycles. The zero-order valence-corrected chi connectivity index (χ0v) is 9.34. The molecule has 4 heteroatoms. The van der Waals surface area contributed by atoms with Crippen LogP contribution in [-0.2, 0) is 6.54 Å². The smallest absolute Gasteiger partial charge is 0.127 e. The van der Waals surface area contributed by atoms with Crippen LogP contribution in [0.25, 0.3) is 0 Å². The molecule has 2 N–H and O–H groups in total. The average Bonchev–Trinajstić information content (AvgIpc) is 2.79. The number of thiophene rings is 1. The SMILES string of the molecule is CNc1cc(NCc2cccs2)ccn1. The summed E-state index contributed by atoms with van der Waals surface area (Å²) in [5.74, 6) is 0.881. The van der Waals surface area contributed by atoms with E-state index in [0.29, 0.717) is 0 Å². The highest BCUT2D eigenvalue weighted by Gasteiger charge is 1.96. The van der Waals surface area contributed by atoms with E-state index in [-0.39, 0.29) is 0 Å². The quantitative estimate of drug-likeness (QED) is 0.830. The molecule has 0 saturated carbocycles. The second-order valence-electron chi connectivity index (χ2n) is 3.11. The number of pyridine rings is 1. The zero-order valence-electron chi connectivity index (χ0n) is 8.53. The van der Waals surface area contributed by atoms with E-state index in [1.54, 1.807) is 17.5 Å². The summed E-state index contributed by atoms with van der Waals surface area (Å²) in [4.78, 5) is 5.49. The Hall–Kier alpha value is -1.55. The molecule has 0 radical (unpaired) electrons. The third kappa shape index (κ3) is 2.70. The Morgan fingerprint density at radius 1 is 1.40 bits per heavy atom. The largest absolute Gasteiger partial charge is 0.380 e. The predicted molar refractivity (Wildman–Crippen MR) is 65.4 cm³/mol. The molecule has 0 atom stereocenters. The Morgan fingerprint density at radius 2 is 2.33 bits per heavy atom. The van der Waals surface area contributed by atoms with Crippen molar-refractivity contribution < 1.29 is 0 Å². The van der Waals surface area contributed by atoms with Gasteiger partial charge in [0.25, 0.3) is 0 Å². The van der Waals surface area contributed by atoms with Crippen LogP contribution in [-0.4, -0.2) is 12.0 Å². The van der Waals surface area contributed by atoms with Crippen LogP contribution in [0.2, 0.25) is 0 Å². The lowest BCUT2D eigenvalue weighted by atomic mass is 10.3. The van der Waals surface area contributed by atoms with Crippen LogP contribution in [0.15, 0.2) is 35.8 Å². The van der Waals surface area contributed by atoms with Gasteiger partial charge in [0, 0.05) is 36.4 Å². The fourth-order valence-electron chi connectivity index (χ4n) is 1.28. The Kier molecular flexibility index (Phi) is 3.19. The lowest BCUT2D eigenvalue weighted by Gasteiger charge is -2.06. The highest BCUT2D eigenvalue weighted by atomic mass is 32.1. The molecule has 0 aromatic carbocycles. The monoisotopic (exact) mass is 219 g/mol. The molecule has 3 nitrogen and oxygen atoms in total. The number of nitrogens with one attached hydrogen (secondary N) is 2. The molecular formula is C11H13N3S. The van der Waals surface area contributed by atoms with Gasteiger partial charge in [-0.25, -0.2) is 4.98 Å². The van der Waals surface area contributed by atoms with Gasteiger partial charge >= 0.3 is 0 Å². The molecule has 15 heavy (non-hydrogen) atoms. The van der Waals surface area contributed by atoms with E-state index in [1.165, 1.54) is 4.88 Å². The van der Waals surface area contributed by atoms with Crippen LogP contribution < -0.4 is 10.6 Å². The molecule has 0 bridgehead atoms. The van der Waals surface area contributed by atoms with Gasteiger partial charge in [-0.15, -0.1) is 11.3 Å². The summed E-state index contributed by atoms with van der Waals surface area (Å²) in [5.41, 5.74) is 1.09. The zero-order chi connectivity index (χ0) is 10.5. The van der Waals surface area contributed by atoms with E-state index in [0.717, 1.165) is 18.1 Å². The van der Waals surface area contributed by atoms with Crippen molar-refractivity contribution in [3.8, 4) is 0 Å². The first-order chi connectivity index (χ1) is 7.38. The summed E-state index contributed by atoms with van der Waals surface area (Å²) < 4.78 is 0. The van der Waals surface area contributed by atoms with Crippen molar-refractivity contribution in [3.05, 3.63) is 40.7 Å². The first-order valence-corrected chi connectivity index (χ1v) is 5.66. The van der Waals surface area contributed by atoms with Crippen LogP contribution >= 0.6 is 11.3 Å². The normalized spacial score (nSPS) is 9.93. The van der Waals surface area contributed by atoms with Crippen LogP contribution in [0.5, 0.6) is 0 Å². The van der Waals surface area contributed by atoms with Crippen molar-refractivity contribution in [3.63, 3.8) is 0 Å². The van der Waals surface area contributed by atoms with Crippen LogP contribution in [0.4, 0.5) is 11.5 Å². The number of nitrogens with zero attached hydrogens (tertiary/aromatic N) is 1. The van der Waals surface area contributed by atoms with E-state index in [4.69, 9.17) is 0 Å². The lowest BCUT2D eigenvalue weighted by Crippen LogP contribution is -1.99. The Morgan fingerprint density at radius 3 is 3.07 bits per heavy atom. The minimum absolute atomic E-state index is 0.866. The first-order valence-electron chi connectivity index (χ1n) is 4.78. The highest BCUT2D eigenvalue weighted by molar-refractivity contribution is 7.09. The molecule has 0 aliphatic heterocycles. The second-order valence-corrected chi connectivity index (χ2v) is 4.14. The molecule has 0 amide bonds. The van der Waals surface area contributed by atoms with Gasteiger partial charge in [-0.3, -0.25) is 0 Å². The molecular weight excluding hydrogens is 206 g/mol. The predicted octanol–water partition coefficient (Wildman–Crippen LogP) is 2.80. The van der Waals surface area contributed by atoms with E-state index in [2.05, 4.69) is 33.1 Å². The van der Waals surface area contributed by atoms with Crippen molar-refractivity contribution >= 4 is 22.8 Å². The Balaban J connectivity index is 1.98. The molecule has 0 saturated heterocycles. The summed E-state index contributed by atoms with van der Waals surface area (Å²) in [6.07, 6.45) is 1.79. The van der Waals surface area contributed by atoms with E-state index < -0.39 is 0 Å². The molecule has 0 unspecified atom stereocenters. The molecule has 0 aliphatic rings. The molecule has 78 valence electrons. The molecule has 0 spiro atoms. The molecule has 2 heterocycles. The van der Waals surface area contributed by atoms with Crippen molar-refractivity contribution in [2.24, 2.45) is 0 Å². The van der Waals surface area contributed by atoms with Crippen molar-refractivity contribution in [2.45, 2.75) is 6.54 Å². The van der Waals surface area contributed by atoms with Gasteiger partial charge in [0.1, 0.15) is 5.82 Å². The van der Waals surface area contributed by atoms with Crippen LogP contribution in [0, 0.1) is 0 Å². The van der Waals surface area contributed by atoms with Crippen molar-refractivity contribution in [1.29, 1.82) is 0 Å². The van der Waals surface area contributed by atoms with Gasteiger partial charge < -0.3 is 10.6 Å². The minimum atomic E-state index is 0.866. The van der Waals surface area contributed by atoms with Gasteiger partial charge in [0.15, 0.2) is 0 Å². The first kappa shape index (κ1) is 9.98. The standard InChI is InChI=1S/C11H13N3S/c1-12-11-7-9(4-5-13-11)14-8-10-3-2-6-15-10/h2-7H,8H2,1H3,(H2,12,13,14). The molecule has 2 rings (SSSR count). The average molecular weight is 219 g/mol. The molecule has 2 aromatic heterocycles. The third-order valence-corrected chi connectivity index (χ3v) is 2.94. The summed E-state index contributed by atoms with van der Waals surface area (Å²) in [6, 6.07) is 8.15. The van der Waals surface area contributed by atoms with Crippen molar-refractivity contribution in [2.75, 3.05) is 17.7 Å². The highest BCUT2D eigenvalue weighted by Crippen LogP contribution is 2.14.